The van der Waals surface area contributed by atoms with E-state index in [1.165, 1.54) is 0 Å². The predicted octanol–water partition coefficient (Wildman–Crippen LogP) is 5.65. The van der Waals surface area contributed by atoms with E-state index in [9.17, 15) is 18.0 Å². The number of alkyl halides is 3. The van der Waals surface area contributed by atoms with E-state index in [1.807, 2.05) is 24.3 Å². The SMILES string of the molecule is CC1CCN(c2ccc(-c3ccc(NC(=O)c4ccc(C(F)(F)F)cc4)cc3)nn2)CC1. The van der Waals surface area contributed by atoms with Crippen molar-refractivity contribution in [2.75, 3.05) is 23.3 Å². The summed E-state index contributed by atoms with van der Waals surface area (Å²) >= 11 is 0. The van der Waals surface area contributed by atoms with Gasteiger partial charge in [-0.25, -0.2) is 0 Å². The Morgan fingerprint density at radius 3 is 2.16 bits per heavy atom. The van der Waals surface area contributed by atoms with E-state index in [4.69, 9.17) is 0 Å². The molecule has 0 atom stereocenters. The van der Waals surface area contributed by atoms with Gasteiger partial charge in [0.25, 0.3) is 5.91 Å². The van der Waals surface area contributed by atoms with Crippen molar-refractivity contribution in [3.05, 3.63) is 71.8 Å². The molecule has 1 aliphatic heterocycles. The molecule has 1 N–H and O–H groups in total. The monoisotopic (exact) mass is 440 g/mol. The number of halogens is 3. The minimum Gasteiger partial charge on any atom is -0.355 e. The van der Waals surface area contributed by atoms with Crippen LogP contribution in [0, 0.1) is 5.92 Å². The summed E-state index contributed by atoms with van der Waals surface area (Å²) in [7, 11) is 0. The lowest BCUT2D eigenvalue weighted by Gasteiger charge is -2.30. The van der Waals surface area contributed by atoms with Gasteiger partial charge in [-0.1, -0.05) is 19.1 Å². The van der Waals surface area contributed by atoms with Crippen molar-refractivity contribution in [3.63, 3.8) is 0 Å². The van der Waals surface area contributed by atoms with Gasteiger partial charge in [0.2, 0.25) is 0 Å². The minimum atomic E-state index is -4.43. The second-order valence-electron chi connectivity index (χ2n) is 8.05. The number of anilines is 2. The van der Waals surface area contributed by atoms with Gasteiger partial charge >= 0.3 is 6.18 Å². The summed E-state index contributed by atoms with van der Waals surface area (Å²) in [4.78, 5) is 14.6. The number of carbonyl (C=O) groups is 1. The predicted molar refractivity (Wildman–Crippen MR) is 117 cm³/mol. The fourth-order valence-corrected chi connectivity index (χ4v) is 3.62. The molecule has 2 aromatic carbocycles. The third kappa shape index (κ3) is 5.07. The van der Waals surface area contributed by atoms with Crippen LogP contribution in [0.4, 0.5) is 24.7 Å². The van der Waals surface area contributed by atoms with Crippen LogP contribution < -0.4 is 10.2 Å². The highest BCUT2D eigenvalue weighted by atomic mass is 19.4. The Hall–Kier alpha value is -3.42. The molecule has 0 radical (unpaired) electrons. The zero-order chi connectivity index (χ0) is 22.7. The fourth-order valence-electron chi connectivity index (χ4n) is 3.62. The first-order valence-corrected chi connectivity index (χ1v) is 10.5. The lowest BCUT2D eigenvalue weighted by molar-refractivity contribution is -0.137. The molecule has 1 aliphatic rings. The van der Waals surface area contributed by atoms with Crippen LogP contribution in [0.2, 0.25) is 0 Å². The third-order valence-corrected chi connectivity index (χ3v) is 5.67. The molecule has 1 aromatic heterocycles. The van der Waals surface area contributed by atoms with Crippen LogP contribution in [0.25, 0.3) is 11.3 Å². The van der Waals surface area contributed by atoms with E-state index in [0.29, 0.717) is 5.69 Å². The van der Waals surface area contributed by atoms with Gasteiger partial charge < -0.3 is 10.2 Å². The molecule has 1 saturated heterocycles. The maximum absolute atomic E-state index is 12.7. The first kappa shape index (κ1) is 21.8. The number of nitrogens with one attached hydrogen (secondary N) is 1. The Labute approximate surface area is 184 Å². The highest BCUT2D eigenvalue weighted by molar-refractivity contribution is 6.04. The zero-order valence-corrected chi connectivity index (χ0v) is 17.6. The second kappa shape index (κ2) is 8.98. The van der Waals surface area contributed by atoms with Crippen molar-refractivity contribution in [3.8, 4) is 11.3 Å². The molecule has 8 heteroatoms. The van der Waals surface area contributed by atoms with E-state index in [0.717, 1.165) is 73.2 Å². The summed E-state index contributed by atoms with van der Waals surface area (Å²) in [6.45, 7) is 4.24. The molecule has 0 saturated carbocycles. The summed E-state index contributed by atoms with van der Waals surface area (Å²) in [6, 6.07) is 15.1. The van der Waals surface area contributed by atoms with Crippen molar-refractivity contribution >= 4 is 17.4 Å². The van der Waals surface area contributed by atoms with Gasteiger partial charge in [0.15, 0.2) is 5.82 Å². The number of hydrogen-bond acceptors (Lipinski definition) is 4. The Balaban J connectivity index is 1.39. The smallest absolute Gasteiger partial charge is 0.355 e. The van der Waals surface area contributed by atoms with Gasteiger partial charge in [0, 0.05) is 29.9 Å². The summed E-state index contributed by atoms with van der Waals surface area (Å²) in [5, 5.41) is 11.4. The molecular formula is C24H23F3N4O. The summed E-state index contributed by atoms with van der Waals surface area (Å²) in [5.74, 6) is 1.14. The minimum absolute atomic E-state index is 0.149. The lowest BCUT2D eigenvalue weighted by atomic mass is 9.99. The average molecular weight is 440 g/mol. The van der Waals surface area contributed by atoms with Crippen LogP contribution >= 0.6 is 0 Å². The number of hydrogen-bond donors (Lipinski definition) is 1. The maximum Gasteiger partial charge on any atom is 0.416 e. The number of rotatable bonds is 4. The molecule has 0 bridgehead atoms. The molecule has 0 spiro atoms. The van der Waals surface area contributed by atoms with Crippen molar-refractivity contribution in [1.82, 2.24) is 10.2 Å². The van der Waals surface area contributed by atoms with E-state index in [1.54, 1.807) is 12.1 Å². The Bertz CT molecular complexity index is 1060. The molecule has 4 rings (SSSR count). The van der Waals surface area contributed by atoms with Crippen molar-refractivity contribution < 1.29 is 18.0 Å². The molecule has 2 heterocycles. The molecule has 5 nitrogen and oxygen atoms in total. The van der Waals surface area contributed by atoms with Gasteiger partial charge in [-0.05, 0) is 67.3 Å². The van der Waals surface area contributed by atoms with Gasteiger partial charge in [0.1, 0.15) is 0 Å². The lowest BCUT2D eigenvalue weighted by Crippen LogP contribution is -2.33. The van der Waals surface area contributed by atoms with Crippen molar-refractivity contribution in [2.24, 2.45) is 5.92 Å². The zero-order valence-electron chi connectivity index (χ0n) is 17.6. The molecular weight excluding hydrogens is 417 g/mol. The molecule has 0 aliphatic carbocycles. The number of nitrogens with zero attached hydrogens (tertiary/aromatic N) is 3. The van der Waals surface area contributed by atoms with E-state index >= 15 is 0 Å². The van der Waals surface area contributed by atoms with Crippen LogP contribution in [0.1, 0.15) is 35.7 Å². The number of carbonyl (C=O) groups excluding carboxylic acids is 1. The van der Waals surface area contributed by atoms with Crippen molar-refractivity contribution in [1.29, 1.82) is 0 Å². The Kier molecular flexibility index (Phi) is 6.12. The van der Waals surface area contributed by atoms with E-state index in [2.05, 4.69) is 27.3 Å². The number of piperidine rings is 1. The summed E-state index contributed by atoms with van der Waals surface area (Å²) in [5.41, 5.74) is 1.46. The quantitative estimate of drug-likeness (QED) is 0.570. The Morgan fingerprint density at radius 1 is 0.938 bits per heavy atom. The fraction of sp³-hybridized carbons (Fsp3) is 0.292. The number of amides is 1. The van der Waals surface area contributed by atoms with Crippen LogP contribution in [0.3, 0.4) is 0 Å². The van der Waals surface area contributed by atoms with Gasteiger partial charge in [0.05, 0.1) is 11.3 Å². The highest BCUT2D eigenvalue weighted by Crippen LogP contribution is 2.29. The molecule has 0 unspecified atom stereocenters. The number of aromatic nitrogens is 2. The normalized spacial score (nSPS) is 14.9. The van der Waals surface area contributed by atoms with Crippen LogP contribution in [-0.4, -0.2) is 29.2 Å². The largest absolute Gasteiger partial charge is 0.416 e. The molecule has 3 aromatic rings. The van der Waals surface area contributed by atoms with Gasteiger partial charge in [-0.15, -0.1) is 10.2 Å². The summed E-state index contributed by atoms with van der Waals surface area (Å²) < 4.78 is 38.0. The average Bonchev–Trinajstić information content (AvgIpc) is 2.80. The van der Waals surface area contributed by atoms with E-state index in [-0.39, 0.29) is 5.56 Å². The van der Waals surface area contributed by atoms with E-state index < -0.39 is 17.6 Å². The van der Waals surface area contributed by atoms with Crippen LogP contribution in [0.15, 0.2) is 60.7 Å². The Morgan fingerprint density at radius 2 is 1.59 bits per heavy atom. The molecule has 1 amide bonds. The first-order chi connectivity index (χ1) is 15.3. The topological polar surface area (TPSA) is 58.1 Å². The maximum atomic E-state index is 12.7. The van der Waals surface area contributed by atoms with Crippen LogP contribution in [0.5, 0.6) is 0 Å². The first-order valence-electron chi connectivity index (χ1n) is 10.5. The number of benzene rings is 2. The molecule has 166 valence electrons. The summed E-state index contributed by atoms with van der Waals surface area (Å²) in [6.07, 6.45) is -2.12. The second-order valence-corrected chi connectivity index (χ2v) is 8.05. The van der Waals surface area contributed by atoms with Gasteiger partial charge in [-0.3, -0.25) is 4.79 Å². The van der Waals surface area contributed by atoms with Crippen molar-refractivity contribution in [2.45, 2.75) is 25.9 Å². The molecule has 32 heavy (non-hydrogen) atoms. The third-order valence-electron chi connectivity index (χ3n) is 5.67. The highest BCUT2D eigenvalue weighted by Gasteiger charge is 2.30. The standard InChI is InChI=1S/C24H23F3N4O/c1-16-12-14-31(15-13-16)22-11-10-21(29-30-22)17-4-8-20(9-5-17)28-23(32)18-2-6-19(7-3-18)24(25,26)27/h2-11,16H,12-15H2,1H3,(H,28,32). The van der Waals surface area contributed by atoms with Gasteiger partial charge in [-0.2, -0.15) is 13.2 Å². The van der Waals surface area contributed by atoms with Crippen LogP contribution in [-0.2, 0) is 6.18 Å². The molecule has 1 fully saturated rings.